The van der Waals surface area contributed by atoms with Crippen molar-refractivity contribution < 1.29 is 30.1 Å². The highest BCUT2D eigenvalue weighted by Gasteiger charge is 2.43. The predicted octanol–water partition coefficient (Wildman–Crippen LogP) is -0.885. The molecule has 0 bridgehead atoms. The third-order valence-electron chi connectivity index (χ3n) is 3.62. The van der Waals surface area contributed by atoms with Crippen LogP contribution in [0.1, 0.15) is 5.56 Å². The lowest BCUT2D eigenvalue weighted by atomic mass is 9.98. The number of aryl methyl sites for hydroxylation is 1. The summed E-state index contributed by atoms with van der Waals surface area (Å²) in [6.07, 6.45) is -6.60. The third-order valence-corrected chi connectivity index (χ3v) is 3.62. The van der Waals surface area contributed by atoms with E-state index < -0.39 is 42.2 Å². The van der Waals surface area contributed by atoms with Gasteiger partial charge in [0.15, 0.2) is 6.23 Å². The van der Waals surface area contributed by atoms with Gasteiger partial charge in [0.05, 0.1) is 11.5 Å². The van der Waals surface area contributed by atoms with E-state index in [-0.39, 0.29) is 5.69 Å². The van der Waals surface area contributed by atoms with Crippen molar-refractivity contribution in [2.45, 2.75) is 37.6 Å². The molecule has 9 nitrogen and oxygen atoms in total. The summed E-state index contributed by atoms with van der Waals surface area (Å²) in [5.74, 6) is 0. The molecule has 0 unspecified atom stereocenters. The minimum Gasteiger partial charge on any atom is -0.394 e. The Kier molecular flexibility index (Phi) is 4.94. The lowest BCUT2D eigenvalue weighted by molar-refractivity contribution is -0.384. The maximum atomic E-state index is 10.8. The van der Waals surface area contributed by atoms with Gasteiger partial charge < -0.3 is 30.5 Å². The monoisotopic (exact) mass is 314 g/mol. The average Bonchev–Trinajstić information content (AvgIpc) is 2.49. The van der Waals surface area contributed by atoms with Crippen LogP contribution in [0.3, 0.4) is 0 Å². The van der Waals surface area contributed by atoms with Gasteiger partial charge in [-0.15, -0.1) is 0 Å². The van der Waals surface area contributed by atoms with Gasteiger partial charge in [0, 0.05) is 17.8 Å². The number of hydrogen-bond donors (Lipinski definition) is 5. The van der Waals surface area contributed by atoms with Crippen LogP contribution >= 0.6 is 0 Å². The third kappa shape index (κ3) is 3.18. The van der Waals surface area contributed by atoms with Crippen LogP contribution in [-0.4, -0.2) is 62.6 Å². The second kappa shape index (κ2) is 6.55. The number of nitrogens with zero attached hydrogens (tertiary/aromatic N) is 1. The van der Waals surface area contributed by atoms with E-state index in [4.69, 9.17) is 9.84 Å². The molecule has 0 spiro atoms. The van der Waals surface area contributed by atoms with Crippen molar-refractivity contribution in [3.05, 3.63) is 33.9 Å². The predicted molar refractivity (Wildman–Crippen MR) is 75.2 cm³/mol. The summed E-state index contributed by atoms with van der Waals surface area (Å²) in [4.78, 5) is 10.2. The number of nitro groups is 1. The number of aliphatic hydroxyl groups excluding tert-OH is 4. The van der Waals surface area contributed by atoms with E-state index in [1.165, 1.54) is 18.2 Å². The van der Waals surface area contributed by atoms with Gasteiger partial charge in [-0.3, -0.25) is 10.1 Å². The summed E-state index contributed by atoms with van der Waals surface area (Å²) >= 11 is 0. The smallest absolute Gasteiger partial charge is 0.271 e. The van der Waals surface area contributed by atoms with E-state index in [0.29, 0.717) is 11.3 Å². The van der Waals surface area contributed by atoms with Crippen molar-refractivity contribution in [3.8, 4) is 0 Å². The Hall–Kier alpha value is -1.78. The van der Waals surface area contributed by atoms with Crippen molar-refractivity contribution >= 4 is 11.4 Å². The normalized spacial score (nSPS) is 31.8. The van der Waals surface area contributed by atoms with Crippen LogP contribution in [0.4, 0.5) is 11.4 Å². The van der Waals surface area contributed by atoms with Gasteiger partial charge in [-0.05, 0) is 12.5 Å². The fraction of sp³-hybridized carbons (Fsp3) is 0.538. The lowest BCUT2D eigenvalue weighted by Crippen LogP contribution is -2.60. The average molecular weight is 314 g/mol. The quantitative estimate of drug-likeness (QED) is 0.355. The van der Waals surface area contributed by atoms with E-state index in [1.807, 2.05) is 0 Å². The number of anilines is 1. The molecule has 22 heavy (non-hydrogen) atoms. The molecule has 1 aliphatic heterocycles. The number of nitro benzene ring substituents is 1. The molecule has 1 aromatic rings. The van der Waals surface area contributed by atoms with Crippen LogP contribution in [0.15, 0.2) is 18.2 Å². The summed E-state index contributed by atoms with van der Waals surface area (Å²) in [7, 11) is 0. The van der Waals surface area contributed by atoms with Gasteiger partial charge in [0.2, 0.25) is 0 Å². The molecule has 1 aliphatic rings. The van der Waals surface area contributed by atoms with Gasteiger partial charge >= 0.3 is 0 Å². The van der Waals surface area contributed by atoms with Crippen LogP contribution < -0.4 is 5.32 Å². The maximum absolute atomic E-state index is 10.8. The van der Waals surface area contributed by atoms with Crippen LogP contribution in [0, 0.1) is 17.0 Å². The van der Waals surface area contributed by atoms with E-state index in [0.717, 1.165) is 0 Å². The summed E-state index contributed by atoms with van der Waals surface area (Å²) in [6.45, 7) is 1.16. The van der Waals surface area contributed by atoms with E-state index in [1.54, 1.807) is 6.92 Å². The highest BCUT2D eigenvalue weighted by atomic mass is 16.6. The van der Waals surface area contributed by atoms with Crippen LogP contribution in [0.2, 0.25) is 0 Å². The zero-order valence-corrected chi connectivity index (χ0v) is 11.8. The summed E-state index contributed by atoms with van der Waals surface area (Å²) < 4.78 is 5.30. The molecule has 0 aromatic heterocycles. The lowest BCUT2D eigenvalue weighted by Gasteiger charge is -2.40. The van der Waals surface area contributed by atoms with E-state index in [9.17, 15) is 25.4 Å². The first-order valence-corrected chi connectivity index (χ1v) is 6.67. The Labute approximate surface area is 125 Å². The highest BCUT2D eigenvalue weighted by molar-refractivity contribution is 5.57. The van der Waals surface area contributed by atoms with Crippen molar-refractivity contribution in [3.63, 3.8) is 0 Å². The molecular formula is C13H18N2O7. The second-order valence-corrected chi connectivity index (χ2v) is 5.15. The highest BCUT2D eigenvalue weighted by Crippen LogP contribution is 2.27. The first kappa shape index (κ1) is 16.6. The number of rotatable bonds is 4. The Morgan fingerprint density at radius 1 is 1.27 bits per heavy atom. The van der Waals surface area contributed by atoms with Crippen LogP contribution in [0.25, 0.3) is 0 Å². The molecule has 0 aliphatic carbocycles. The fourth-order valence-electron chi connectivity index (χ4n) is 2.25. The number of nitrogens with one attached hydrogen (secondary N) is 1. The van der Waals surface area contributed by atoms with Gasteiger partial charge in [-0.25, -0.2) is 0 Å². The number of aliphatic hydroxyl groups is 4. The Morgan fingerprint density at radius 2 is 1.95 bits per heavy atom. The molecular weight excluding hydrogens is 296 g/mol. The van der Waals surface area contributed by atoms with Crippen molar-refractivity contribution in [1.29, 1.82) is 0 Å². The topological polar surface area (TPSA) is 145 Å². The van der Waals surface area contributed by atoms with Crippen LogP contribution in [0.5, 0.6) is 0 Å². The largest absolute Gasteiger partial charge is 0.394 e. The van der Waals surface area contributed by atoms with E-state index >= 15 is 0 Å². The van der Waals surface area contributed by atoms with Gasteiger partial charge in [0.25, 0.3) is 5.69 Å². The molecule has 0 radical (unpaired) electrons. The Bertz CT molecular complexity index is 551. The van der Waals surface area contributed by atoms with Crippen LogP contribution in [-0.2, 0) is 4.74 Å². The van der Waals surface area contributed by atoms with Crippen molar-refractivity contribution in [2.24, 2.45) is 0 Å². The summed E-state index contributed by atoms with van der Waals surface area (Å²) in [5, 5.41) is 52.0. The molecule has 9 heteroatoms. The second-order valence-electron chi connectivity index (χ2n) is 5.15. The fourth-order valence-corrected chi connectivity index (χ4v) is 2.25. The minimum atomic E-state index is -1.51. The first-order valence-electron chi connectivity index (χ1n) is 6.67. The molecule has 1 heterocycles. The number of hydrogen-bond acceptors (Lipinski definition) is 8. The molecule has 1 fully saturated rings. The maximum Gasteiger partial charge on any atom is 0.271 e. The minimum absolute atomic E-state index is 0.141. The van der Waals surface area contributed by atoms with Crippen molar-refractivity contribution in [2.75, 3.05) is 11.9 Å². The molecule has 0 saturated carbocycles. The molecule has 5 atom stereocenters. The zero-order chi connectivity index (χ0) is 16.4. The van der Waals surface area contributed by atoms with Gasteiger partial charge in [0.1, 0.15) is 24.4 Å². The van der Waals surface area contributed by atoms with Gasteiger partial charge in [-0.1, -0.05) is 6.07 Å². The standard InChI is InChI=1S/C13H18N2O7/c1-6-2-3-7(15(20)21)4-8(6)14-13-12(19)11(18)10(17)9(5-16)22-13/h2-4,9-14,16-19H,5H2,1H3/t9-,10+,11+,12+,13+/m0/s1. The molecule has 2 rings (SSSR count). The molecule has 122 valence electrons. The molecule has 0 amide bonds. The van der Waals surface area contributed by atoms with E-state index in [2.05, 4.69) is 5.32 Å². The molecule has 1 aromatic carbocycles. The number of ether oxygens (including phenoxy) is 1. The summed E-state index contributed by atoms with van der Waals surface area (Å²) in [6, 6.07) is 4.15. The zero-order valence-electron chi connectivity index (χ0n) is 11.8. The van der Waals surface area contributed by atoms with Crippen molar-refractivity contribution in [1.82, 2.24) is 0 Å². The first-order chi connectivity index (χ1) is 10.3. The Balaban J connectivity index is 2.22. The molecule has 5 N–H and O–H groups in total. The molecule has 1 saturated heterocycles. The van der Waals surface area contributed by atoms with Gasteiger partial charge in [-0.2, -0.15) is 0 Å². The Morgan fingerprint density at radius 3 is 2.55 bits per heavy atom. The number of non-ortho nitro benzene ring substituents is 1. The summed E-state index contributed by atoms with van der Waals surface area (Å²) in [5.41, 5.74) is 0.874. The SMILES string of the molecule is Cc1ccc([N+](=O)[O-])cc1N[C@@H]1O[C@@H](CO)[C@@H](O)[C@@H](O)[C@H]1O. The number of benzene rings is 1.